The topological polar surface area (TPSA) is 37.8 Å². The zero-order chi connectivity index (χ0) is 13.3. The number of aromatic nitrogens is 2. The molecule has 0 amide bonds. The first kappa shape index (κ1) is 12.5. The van der Waals surface area contributed by atoms with E-state index >= 15 is 0 Å². The van der Waals surface area contributed by atoms with Gasteiger partial charge in [0.15, 0.2) is 0 Å². The summed E-state index contributed by atoms with van der Waals surface area (Å²) in [4.78, 5) is 14.0. The lowest BCUT2D eigenvalue weighted by Crippen LogP contribution is -2.20. The third-order valence-electron chi connectivity index (χ3n) is 2.67. The van der Waals surface area contributed by atoms with Gasteiger partial charge in [-0.25, -0.2) is 4.79 Å². The quantitative estimate of drug-likeness (QED) is 0.881. The molecule has 3 nitrogen and oxygen atoms in total. The van der Waals surface area contributed by atoms with Gasteiger partial charge in [0, 0.05) is 11.9 Å². The summed E-state index contributed by atoms with van der Waals surface area (Å²) in [5.74, 6) is 0. The molecule has 1 N–H and O–H groups in total. The maximum absolute atomic E-state index is 12.9. The van der Waals surface area contributed by atoms with Crippen molar-refractivity contribution in [2.75, 3.05) is 0 Å². The second-order valence-corrected chi connectivity index (χ2v) is 3.79. The largest absolute Gasteiger partial charge is 0.418 e. The first-order valence-electron chi connectivity index (χ1n) is 5.41. The fourth-order valence-corrected chi connectivity index (χ4v) is 1.84. The molecule has 0 radical (unpaired) electrons. The molecule has 18 heavy (non-hydrogen) atoms. The van der Waals surface area contributed by atoms with Crippen LogP contribution in [0, 0.1) is 0 Å². The Hall–Kier alpha value is -1.98. The number of para-hydroxylation sites is 1. The molecule has 0 aliphatic heterocycles. The molecule has 2 rings (SSSR count). The van der Waals surface area contributed by atoms with E-state index in [0.717, 1.165) is 10.6 Å². The van der Waals surface area contributed by atoms with Gasteiger partial charge in [0.1, 0.15) is 0 Å². The predicted octanol–water partition coefficient (Wildman–Crippen LogP) is 2.75. The summed E-state index contributed by atoms with van der Waals surface area (Å²) in [5.41, 5.74) is -1.02. The first-order chi connectivity index (χ1) is 8.45. The van der Waals surface area contributed by atoms with Gasteiger partial charge >= 0.3 is 11.9 Å². The molecule has 1 heterocycles. The van der Waals surface area contributed by atoms with Crippen molar-refractivity contribution >= 4 is 0 Å². The van der Waals surface area contributed by atoms with Crippen LogP contribution in [0.2, 0.25) is 0 Å². The molecule has 6 heteroatoms. The van der Waals surface area contributed by atoms with Gasteiger partial charge in [-0.2, -0.15) is 13.2 Å². The van der Waals surface area contributed by atoms with Crippen LogP contribution in [0.25, 0.3) is 5.69 Å². The number of aromatic amines is 1. The Balaban J connectivity index is 2.72. The van der Waals surface area contributed by atoms with E-state index in [2.05, 4.69) is 4.98 Å². The lowest BCUT2D eigenvalue weighted by Gasteiger charge is -2.14. The smallest absolute Gasteiger partial charge is 0.312 e. The molecule has 0 fully saturated rings. The molecule has 0 atom stereocenters. The number of benzene rings is 1. The number of halogens is 3. The summed E-state index contributed by atoms with van der Waals surface area (Å²) in [5, 5.41) is 0. The predicted molar refractivity (Wildman–Crippen MR) is 60.8 cm³/mol. The minimum absolute atomic E-state index is 0.145. The zero-order valence-electron chi connectivity index (χ0n) is 9.58. The number of hydrogen-bond donors (Lipinski definition) is 1. The zero-order valence-corrected chi connectivity index (χ0v) is 9.58. The number of aryl methyl sites for hydroxylation is 1. The normalized spacial score (nSPS) is 11.8. The number of hydrogen-bond acceptors (Lipinski definition) is 1. The minimum Gasteiger partial charge on any atom is -0.312 e. The first-order valence-corrected chi connectivity index (χ1v) is 5.41. The van der Waals surface area contributed by atoms with Crippen LogP contribution in [0.4, 0.5) is 13.2 Å². The van der Waals surface area contributed by atoms with Gasteiger partial charge in [-0.3, -0.25) is 4.57 Å². The summed E-state index contributed by atoms with van der Waals surface area (Å²) < 4.78 is 39.7. The van der Waals surface area contributed by atoms with Gasteiger partial charge in [0.05, 0.1) is 11.3 Å². The van der Waals surface area contributed by atoms with Crippen molar-refractivity contribution in [3.8, 4) is 5.69 Å². The second-order valence-electron chi connectivity index (χ2n) is 3.79. The van der Waals surface area contributed by atoms with Crippen molar-refractivity contribution in [2.24, 2.45) is 0 Å². The molecule has 2 aromatic rings. The van der Waals surface area contributed by atoms with E-state index in [9.17, 15) is 18.0 Å². The van der Waals surface area contributed by atoms with Crippen LogP contribution in [0.3, 0.4) is 0 Å². The lowest BCUT2D eigenvalue weighted by atomic mass is 10.1. The SMILES string of the molecule is CCc1c[nH]c(=O)n1-c1ccccc1C(F)(F)F. The summed E-state index contributed by atoms with van der Waals surface area (Å²) >= 11 is 0. The number of alkyl halides is 3. The highest BCUT2D eigenvalue weighted by Crippen LogP contribution is 2.33. The van der Waals surface area contributed by atoms with Crippen LogP contribution in [0.1, 0.15) is 18.2 Å². The summed E-state index contributed by atoms with van der Waals surface area (Å²) in [6.07, 6.45) is -2.60. The van der Waals surface area contributed by atoms with Crippen molar-refractivity contribution < 1.29 is 13.2 Å². The molecule has 0 aliphatic rings. The number of imidazole rings is 1. The van der Waals surface area contributed by atoms with Gasteiger partial charge in [-0.1, -0.05) is 19.1 Å². The second kappa shape index (κ2) is 4.36. The van der Waals surface area contributed by atoms with Gasteiger partial charge in [-0.15, -0.1) is 0 Å². The molecule has 1 aromatic heterocycles. The summed E-state index contributed by atoms with van der Waals surface area (Å²) in [6.45, 7) is 1.77. The van der Waals surface area contributed by atoms with Crippen LogP contribution in [-0.4, -0.2) is 9.55 Å². The Kier molecular flexibility index (Phi) is 3.02. The highest BCUT2D eigenvalue weighted by Gasteiger charge is 2.34. The average Bonchev–Trinajstić information content (AvgIpc) is 2.69. The molecular formula is C12H11F3N2O. The maximum Gasteiger partial charge on any atom is 0.418 e. The van der Waals surface area contributed by atoms with Crippen LogP contribution in [0.15, 0.2) is 35.3 Å². The summed E-state index contributed by atoms with van der Waals surface area (Å²) in [6, 6.07) is 5.03. The molecule has 0 bridgehead atoms. The highest BCUT2D eigenvalue weighted by atomic mass is 19.4. The third-order valence-corrected chi connectivity index (χ3v) is 2.67. The fourth-order valence-electron chi connectivity index (χ4n) is 1.84. The summed E-state index contributed by atoms with van der Waals surface area (Å²) in [7, 11) is 0. The van der Waals surface area contributed by atoms with E-state index in [1.807, 2.05) is 0 Å². The number of nitrogens with one attached hydrogen (secondary N) is 1. The van der Waals surface area contributed by atoms with E-state index in [0.29, 0.717) is 12.1 Å². The van der Waals surface area contributed by atoms with Gasteiger partial charge in [0.25, 0.3) is 0 Å². The van der Waals surface area contributed by atoms with Crippen molar-refractivity contribution in [1.29, 1.82) is 0 Å². The number of nitrogens with zero attached hydrogens (tertiary/aromatic N) is 1. The van der Waals surface area contributed by atoms with E-state index in [4.69, 9.17) is 0 Å². The van der Waals surface area contributed by atoms with Gasteiger partial charge in [-0.05, 0) is 18.6 Å². The molecule has 0 saturated heterocycles. The fraction of sp³-hybridized carbons (Fsp3) is 0.250. The van der Waals surface area contributed by atoms with E-state index < -0.39 is 17.4 Å². The third kappa shape index (κ3) is 2.05. The Morgan fingerprint density at radius 2 is 1.94 bits per heavy atom. The molecule has 1 aromatic carbocycles. The number of H-pyrrole nitrogens is 1. The molecule has 0 unspecified atom stereocenters. The van der Waals surface area contributed by atoms with E-state index in [-0.39, 0.29) is 5.69 Å². The van der Waals surface area contributed by atoms with Crippen molar-refractivity contribution in [3.05, 3.63) is 52.2 Å². The van der Waals surface area contributed by atoms with Crippen molar-refractivity contribution in [2.45, 2.75) is 19.5 Å². The molecular weight excluding hydrogens is 245 g/mol. The standard InChI is InChI=1S/C12H11F3N2O/c1-2-8-7-16-11(18)17(8)10-6-4-3-5-9(10)12(13,14)15/h3-7H,2H2,1H3,(H,16,18). The minimum atomic E-state index is -4.49. The van der Waals surface area contributed by atoms with Crippen LogP contribution in [-0.2, 0) is 12.6 Å². The van der Waals surface area contributed by atoms with Crippen LogP contribution < -0.4 is 5.69 Å². The molecule has 0 spiro atoms. The van der Waals surface area contributed by atoms with Crippen LogP contribution in [0.5, 0.6) is 0 Å². The molecule has 96 valence electrons. The Bertz CT molecular complexity index is 610. The van der Waals surface area contributed by atoms with Crippen molar-refractivity contribution in [3.63, 3.8) is 0 Å². The maximum atomic E-state index is 12.9. The Labute approximate surface area is 101 Å². The van der Waals surface area contributed by atoms with Crippen molar-refractivity contribution in [1.82, 2.24) is 9.55 Å². The Morgan fingerprint density at radius 1 is 1.28 bits per heavy atom. The lowest BCUT2D eigenvalue weighted by molar-refractivity contribution is -0.137. The van der Waals surface area contributed by atoms with Crippen LogP contribution >= 0.6 is 0 Å². The van der Waals surface area contributed by atoms with E-state index in [1.165, 1.54) is 24.4 Å². The highest BCUT2D eigenvalue weighted by molar-refractivity contribution is 5.44. The molecule has 0 saturated carbocycles. The van der Waals surface area contributed by atoms with Gasteiger partial charge in [0.2, 0.25) is 0 Å². The van der Waals surface area contributed by atoms with E-state index in [1.54, 1.807) is 6.92 Å². The average molecular weight is 256 g/mol. The monoisotopic (exact) mass is 256 g/mol. The van der Waals surface area contributed by atoms with Gasteiger partial charge < -0.3 is 4.98 Å². The number of rotatable bonds is 2. The Morgan fingerprint density at radius 3 is 2.56 bits per heavy atom. The molecule has 0 aliphatic carbocycles.